The molecular weight excluding hydrogens is 371 g/mol. The molecule has 2 rings (SSSR count). The molecule has 1 fully saturated rings. The van der Waals surface area contributed by atoms with Gasteiger partial charge in [0.1, 0.15) is 12.4 Å². The van der Waals surface area contributed by atoms with Crippen molar-refractivity contribution in [3.8, 4) is 5.75 Å². The highest BCUT2D eigenvalue weighted by atomic mass is 19.4. The van der Waals surface area contributed by atoms with Crippen LogP contribution < -0.4 is 15.4 Å². The Morgan fingerprint density at radius 2 is 2.07 bits per heavy atom. The molecule has 0 aromatic heterocycles. The maximum Gasteiger partial charge on any atom is 0.401 e. The zero-order valence-electron chi connectivity index (χ0n) is 15.0. The Morgan fingerprint density at radius 1 is 1.30 bits per heavy atom. The van der Waals surface area contributed by atoms with E-state index >= 15 is 0 Å². The minimum atomic E-state index is -4.20. The summed E-state index contributed by atoms with van der Waals surface area (Å²) in [6.45, 7) is 2.60. The molecule has 10 heteroatoms. The van der Waals surface area contributed by atoms with Gasteiger partial charge in [-0.1, -0.05) is 0 Å². The molecule has 1 aromatic rings. The molecule has 0 saturated carbocycles. The Bertz CT molecular complexity index is 638. The Hall–Kier alpha value is -2.10. The second kappa shape index (κ2) is 9.72. The topological polar surface area (TPSA) is 48.9 Å². The van der Waals surface area contributed by atoms with Crippen molar-refractivity contribution in [1.82, 2.24) is 15.5 Å². The number of ether oxygens (including phenoxy) is 1. The van der Waals surface area contributed by atoms with E-state index in [1.165, 1.54) is 11.0 Å². The van der Waals surface area contributed by atoms with Crippen LogP contribution in [0.4, 0.5) is 22.0 Å². The van der Waals surface area contributed by atoms with Gasteiger partial charge in [0, 0.05) is 31.7 Å². The number of nitrogens with one attached hydrogen (secondary N) is 2. The van der Waals surface area contributed by atoms with Crippen molar-refractivity contribution in [2.75, 3.05) is 39.3 Å². The van der Waals surface area contributed by atoms with Gasteiger partial charge in [0.25, 0.3) is 0 Å². The van der Waals surface area contributed by atoms with Crippen molar-refractivity contribution < 1.29 is 26.7 Å². The van der Waals surface area contributed by atoms with Crippen LogP contribution in [0, 0.1) is 11.6 Å². The van der Waals surface area contributed by atoms with E-state index in [1.54, 1.807) is 0 Å². The third-order valence-electron chi connectivity index (χ3n) is 3.88. The molecule has 5 nitrogen and oxygen atoms in total. The summed E-state index contributed by atoms with van der Waals surface area (Å²) in [7, 11) is 0. The first kappa shape index (κ1) is 21.2. The van der Waals surface area contributed by atoms with E-state index in [1.807, 2.05) is 6.92 Å². The first-order valence-corrected chi connectivity index (χ1v) is 8.68. The lowest BCUT2D eigenvalue weighted by Gasteiger charge is -2.19. The molecular formula is C17H23F5N4O. The number of rotatable bonds is 7. The fourth-order valence-electron chi connectivity index (χ4n) is 2.75. The van der Waals surface area contributed by atoms with Gasteiger partial charge in [-0.15, -0.1) is 0 Å². The Kier molecular flexibility index (Phi) is 7.64. The van der Waals surface area contributed by atoms with E-state index in [4.69, 9.17) is 4.74 Å². The van der Waals surface area contributed by atoms with Crippen LogP contribution in [0.1, 0.15) is 13.3 Å². The monoisotopic (exact) mass is 394 g/mol. The quantitative estimate of drug-likeness (QED) is 0.323. The number of hydrogen-bond acceptors (Lipinski definition) is 3. The summed E-state index contributed by atoms with van der Waals surface area (Å²) >= 11 is 0. The lowest BCUT2D eigenvalue weighted by molar-refractivity contribution is -0.143. The summed E-state index contributed by atoms with van der Waals surface area (Å²) in [6.07, 6.45) is -3.61. The molecule has 0 aliphatic carbocycles. The van der Waals surface area contributed by atoms with Crippen LogP contribution in [0.2, 0.25) is 0 Å². The normalized spacial score (nSPS) is 18.6. The smallest absolute Gasteiger partial charge is 0.401 e. The molecule has 1 atom stereocenters. The molecule has 1 saturated heterocycles. The first-order chi connectivity index (χ1) is 12.8. The van der Waals surface area contributed by atoms with E-state index in [-0.39, 0.29) is 31.5 Å². The Morgan fingerprint density at radius 3 is 2.74 bits per heavy atom. The molecule has 2 N–H and O–H groups in total. The third kappa shape index (κ3) is 7.58. The van der Waals surface area contributed by atoms with Crippen molar-refractivity contribution >= 4 is 5.96 Å². The van der Waals surface area contributed by atoms with Crippen LogP contribution in [0.15, 0.2) is 23.2 Å². The number of aliphatic imine (C=N–C) groups is 1. The van der Waals surface area contributed by atoms with Gasteiger partial charge in [-0.05, 0) is 25.5 Å². The van der Waals surface area contributed by atoms with E-state index in [0.717, 1.165) is 12.1 Å². The minimum absolute atomic E-state index is 0.128. The Balaban J connectivity index is 1.79. The van der Waals surface area contributed by atoms with Crippen molar-refractivity contribution in [2.45, 2.75) is 25.6 Å². The molecule has 152 valence electrons. The summed E-state index contributed by atoms with van der Waals surface area (Å²) in [6, 6.07) is 3.12. The van der Waals surface area contributed by atoms with Gasteiger partial charge in [0.05, 0.1) is 13.1 Å². The summed E-state index contributed by atoms with van der Waals surface area (Å²) < 4.78 is 68.6. The molecule has 1 unspecified atom stereocenters. The second-order valence-electron chi connectivity index (χ2n) is 6.17. The molecule has 1 heterocycles. The summed E-state index contributed by atoms with van der Waals surface area (Å²) in [4.78, 5) is 5.65. The van der Waals surface area contributed by atoms with Crippen LogP contribution in [0.5, 0.6) is 5.75 Å². The van der Waals surface area contributed by atoms with Gasteiger partial charge in [-0.25, -0.2) is 13.8 Å². The van der Waals surface area contributed by atoms with Gasteiger partial charge in [0.2, 0.25) is 0 Å². The molecule has 0 radical (unpaired) electrons. The maximum absolute atomic E-state index is 13.1. The van der Waals surface area contributed by atoms with Crippen LogP contribution >= 0.6 is 0 Å². The van der Waals surface area contributed by atoms with Crippen LogP contribution in [-0.4, -0.2) is 62.4 Å². The first-order valence-electron chi connectivity index (χ1n) is 8.68. The van der Waals surface area contributed by atoms with E-state index in [9.17, 15) is 22.0 Å². The molecule has 0 amide bonds. The largest absolute Gasteiger partial charge is 0.492 e. The zero-order valence-corrected chi connectivity index (χ0v) is 15.0. The van der Waals surface area contributed by atoms with Gasteiger partial charge in [-0.3, -0.25) is 4.90 Å². The average Bonchev–Trinajstić information content (AvgIpc) is 2.99. The summed E-state index contributed by atoms with van der Waals surface area (Å²) in [5.74, 6) is -1.27. The standard InChI is InChI=1S/C17H23F5N4O/c1-2-23-16(25-12-5-7-26(10-12)11-17(20,21)22)24-6-8-27-13-3-4-14(18)15(19)9-13/h3-4,9,12H,2,5-8,10-11H2,1H3,(H2,23,24,25). The van der Waals surface area contributed by atoms with Gasteiger partial charge in [-0.2, -0.15) is 13.2 Å². The lowest BCUT2D eigenvalue weighted by atomic mass is 10.3. The molecule has 0 bridgehead atoms. The molecule has 27 heavy (non-hydrogen) atoms. The SMILES string of the molecule is CCNC(=NCCOc1ccc(F)c(F)c1)NC1CCN(CC(F)(F)F)C1. The fraction of sp³-hybridized carbons (Fsp3) is 0.588. The predicted octanol–water partition coefficient (Wildman–Crippen LogP) is 2.54. The van der Waals surface area contributed by atoms with Crippen LogP contribution in [0.25, 0.3) is 0 Å². The Labute approximate surface area is 154 Å². The zero-order chi connectivity index (χ0) is 19.9. The average molecular weight is 394 g/mol. The summed E-state index contributed by atoms with van der Waals surface area (Å²) in [5.41, 5.74) is 0. The number of nitrogens with zero attached hydrogens (tertiary/aromatic N) is 2. The van der Waals surface area contributed by atoms with Crippen molar-refractivity contribution in [3.05, 3.63) is 29.8 Å². The molecule has 0 spiro atoms. The van der Waals surface area contributed by atoms with Crippen LogP contribution in [-0.2, 0) is 0 Å². The van der Waals surface area contributed by atoms with Crippen molar-refractivity contribution in [3.63, 3.8) is 0 Å². The summed E-state index contributed by atoms with van der Waals surface area (Å²) in [5, 5.41) is 6.13. The number of halogens is 5. The molecule has 1 aliphatic heterocycles. The molecule has 1 aromatic carbocycles. The lowest BCUT2D eigenvalue weighted by Crippen LogP contribution is -2.45. The number of likely N-dealkylation sites (tertiary alicyclic amines) is 1. The van der Waals surface area contributed by atoms with Crippen LogP contribution in [0.3, 0.4) is 0 Å². The van der Waals surface area contributed by atoms with Gasteiger partial charge >= 0.3 is 6.18 Å². The van der Waals surface area contributed by atoms with Crippen molar-refractivity contribution in [2.24, 2.45) is 4.99 Å². The number of alkyl halides is 3. The molecule has 1 aliphatic rings. The number of benzene rings is 1. The third-order valence-corrected chi connectivity index (χ3v) is 3.88. The van der Waals surface area contributed by atoms with E-state index < -0.39 is 24.4 Å². The minimum Gasteiger partial charge on any atom is -0.492 e. The highest BCUT2D eigenvalue weighted by Gasteiger charge is 2.34. The van der Waals surface area contributed by atoms with E-state index in [0.29, 0.717) is 25.5 Å². The number of hydrogen-bond donors (Lipinski definition) is 2. The predicted molar refractivity (Wildman–Crippen MR) is 91.9 cm³/mol. The highest BCUT2D eigenvalue weighted by molar-refractivity contribution is 5.80. The second-order valence-corrected chi connectivity index (χ2v) is 6.17. The van der Waals surface area contributed by atoms with Gasteiger partial charge < -0.3 is 15.4 Å². The maximum atomic E-state index is 13.1. The van der Waals surface area contributed by atoms with Gasteiger partial charge in [0.15, 0.2) is 17.6 Å². The number of guanidine groups is 1. The van der Waals surface area contributed by atoms with Crippen molar-refractivity contribution in [1.29, 1.82) is 0 Å². The highest BCUT2D eigenvalue weighted by Crippen LogP contribution is 2.20. The van der Waals surface area contributed by atoms with E-state index in [2.05, 4.69) is 15.6 Å². The fourth-order valence-corrected chi connectivity index (χ4v) is 2.75.